The summed E-state index contributed by atoms with van der Waals surface area (Å²) >= 11 is 0. The van der Waals surface area contributed by atoms with E-state index >= 15 is 0 Å². The van der Waals surface area contributed by atoms with Gasteiger partial charge in [0.1, 0.15) is 0 Å². The van der Waals surface area contributed by atoms with Gasteiger partial charge in [-0.25, -0.2) is 0 Å². The van der Waals surface area contributed by atoms with Crippen molar-refractivity contribution in [3.63, 3.8) is 0 Å². The molecule has 0 aromatic heterocycles. The quantitative estimate of drug-likeness (QED) is 0.808. The fraction of sp³-hybridized carbons (Fsp3) is 0.154. The van der Waals surface area contributed by atoms with E-state index in [1.54, 1.807) is 7.05 Å². The van der Waals surface area contributed by atoms with Crippen LogP contribution in [0.5, 0.6) is 0 Å². The Morgan fingerprint density at radius 2 is 2.00 bits per heavy atom. The first-order chi connectivity index (χ1) is 8.04. The predicted molar refractivity (Wildman–Crippen MR) is 64.9 cm³/mol. The Hall–Kier alpha value is -2.23. The topological polar surface area (TPSA) is 66.6 Å². The molecule has 1 atom stereocenters. The number of benzene rings is 1. The van der Waals surface area contributed by atoms with Crippen molar-refractivity contribution in [1.82, 2.24) is 4.90 Å². The minimum atomic E-state index is -0.430. The highest BCUT2D eigenvalue weighted by Gasteiger charge is 2.38. The van der Waals surface area contributed by atoms with Crippen molar-refractivity contribution in [3.8, 4) is 0 Å². The van der Waals surface area contributed by atoms with E-state index in [1.165, 1.54) is 4.90 Å². The van der Waals surface area contributed by atoms with Gasteiger partial charge in [-0.1, -0.05) is 36.9 Å². The van der Waals surface area contributed by atoms with Gasteiger partial charge < -0.3 is 15.7 Å². The highest BCUT2D eigenvalue weighted by Crippen LogP contribution is 2.37. The largest absolute Gasteiger partial charge is 0.503 e. The van der Waals surface area contributed by atoms with Crippen LogP contribution in [0.1, 0.15) is 11.6 Å². The van der Waals surface area contributed by atoms with Crippen LogP contribution >= 0.6 is 0 Å². The van der Waals surface area contributed by atoms with Gasteiger partial charge in [0.15, 0.2) is 5.76 Å². The number of hydrogen-bond acceptors (Lipinski definition) is 3. The summed E-state index contributed by atoms with van der Waals surface area (Å²) in [5.41, 5.74) is 7.16. The van der Waals surface area contributed by atoms with Gasteiger partial charge in [-0.05, 0) is 5.56 Å². The summed E-state index contributed by atoms with van der Waals surface area (Å²) in [4.78, 5) is 13.2. The summed E-state index contributed by atoms with van der Waals surface area (Å²) in [6.45, 7) is 3.61. The summed E-state index contributed by atoms with van der Waals surface area (Å²) in [7, 11) is 1.63. The number of aliphatic hydroxyl groups is 1. The molecule has 0 aliphatic carbocycles. The summed E-state index contributed by atoms with van der Waals surface area (Å²) in [6, 6.07) is 9.05. The first-order valence-electron chi connectivity index (χ1n) is 5.24. The second-order valence-corrected chi connectivity index (χ2v) is 4.02. The van der Waals surface area contributed by atoms with Crippen LogP contribution in [0, 0.1) is 0 Å². The molecule has 88 valence electrons. The fourth-order valence-corrected chi connectivity index (χ4v) is 2.08. The minimum Gasteiger partial charge on any atom is -0.503 e. The molecule has 4 nitrogen and oxygen atoms in total. The smallest absolute Gasteiger partial charge is 0.289 e. The monoisotopic (exact) mass is 230 g/mol. The Labute approximate surface area is 99.7 Å². The van der Waals surface area contributed by atoms with Crippen LogP contribution in [-0.2, 0) is 4.79 Å². The minimum absolute atomic E-state index is 0.217. The second-order valence-electron chi connectivity index (χ2n) is 4.02. The average Bonchev–Trinajstić information content (AvgIpc) is 2.55. The molecule has 0 radical (unpaired) electrons. The van der Waals surface area contributed by atoms with E-state index in [1.807, 2.05) is 30.3 Å². The standard InChI is InChI=1S/C13H14N2O2/c1-8(14)10-11(9-6-4-3-5-7-9)15(2)13(17)12(10)16/h3-7,11,16H,1,14H2,2H3. The molecule has 1 amide bonds. The lowest BCUT2D eigenvalue weighted by atomic mass is 9.98. The van der Waals surface area contributed by atoms with Crippen molar-refractivity contribution in [2.45, 2.75) is 6.04 Å². The number of amides is 1. The molecular formula is C13H14N2O2. The fourth-order valence-electron chi connectivity index (χ4n) is 2.08. The Kier molecular flexibility index (Phi) is 2.63. The van der Waals surface area contributed by atoms with Crippen molar-refractivity contribution >= 4 is 5.91 Å². The van der Waals surface area contributed by atoms with E-state index in [9.17, 15) is 9.90 Å². The van der Waals surface area contributed by atoms with Gasteiger partial charge in [0.25, 0.3) is 5.91 Å². The SMILES string of the molecule is C=C(N)C1=C(O)C(=O)N(C)C1c1ccccc1. The molecule has 0 fully saturated rings. The van der Waals surface area contributed by atoms with Crippen molar-refractivity contribution in [3.05, 3.63) is 59.5 Å². The summed E-state index contributed by atoms with van der Waals surface area (Å²) < 4.78 is 0. The average molecular weight is 230 g/mol. The number of likely N-dealkylation sites (N-methyl/N-ethyl adjacent to an activating group) is 1. The third-order valence-corrected chi connectivity index (χ3v) is 2.90. The zero-order valence-corrected chi connectivity index (χ0v) is 9.55. The summed E-state index contributed by atoms with van der Waals surface area (Å²) in [6.07, 6.45) is 0. The lowest BCUT2D eigenvalue weighted by Gasteiger charge is -2.22. The van der Waals surface area contributed by atoms with E-state index in [0.29, 0.717) is 5.57 Å². The van der Waals surface area contributed by atoms with E-state index in [4.69, 9.17) is 5.73 Å². The first-order valence-corrected chi connectivity index (χ1v) is 5.24. The molecule has 4 heteroatoms. The van der Waals surface area contributed by atoms with Crippen LogP contribution < -0.4 is 5.73 Å². The molecule has 3 N–H and O–H groups in total. The molecule has 0 saturated carbocycles. The van der Waals surface area contributed by atoms with Crippen LogP contribution in [0.4, 0.5) is 0 Å². The van der Waals surface area contributed by atoms with Gasteiger partial charge in [0, 0.05) is 18.3 Å². The Bertz CT molecular complexity index is 505. The normalized spacial score (nSPS) is 19.9. The molecule has 2 rings (SSSR count). The van der Waals surface area contributed by atoms with Gasteiger partial charge in [-0.3, -0.25) is 4.79 Å². The second kappa shape index (κ2) is 3.97. The van der Waals surface area contributed by atoms with E-state index in [-0.39, 0.29) is 17.5 Å². The van der Waals surface area contributed by atoms with Crippen LogP contribution in [0.2, 0.25) is 0 Å². The van der Waals surface area contributed by atoms with E-state index in [0.717, 1.165) is 5.56 Å². The van der Waals surface area contributed by atoms with Crippen molar-refractivity contribution in [1.29, 1.82) is 0 Å². The van der Waals surface area contributed by atoms with Gasteiger partial charge in [-0.15, -0.1) is 0 Å². The number of nitrogens with zero attached hydrogens (tertiary/aromatic N) is 1. The van der Waals surface area contributed by atoms with Gasteiger partial charge in [0.05, 0.1) is 6.04 Å². The number of nitrogens with two attached hydrogens (primary N) is 1. The Morgan fingerprint density at radius 3 is 2.53 bits per heavy atom. The zero-order chi connectivity index (χ0) is 12.6. The predicted octanol–water partition coefficient (Wildman–Crippen LogP) is 1.48. The lowest BCUT2D eigenvalue weighted by molar-refractivity contribution is -0.128. The molecule has 17 heavy (non-hydrogen) atoms. The molecule has 0 spiro atoms. The van der Waals surface area contributed by atoms with Crippen LogP contribution in [0.3, 0.4) is 0 Å². The van der Waals surface area contributed by atoms with E-state index < -0.39 is 5.91 Å². The number of rotatable bonds is 2. The molecule has 0 saturated heterocycles. The van der Waals surface area contributed by atoms with Crippen molar-refractivity contribution < 1.29 is 9.90 Å². The van der Waals surface area contributed by atoms with Gasteiger partial charge >= 0.3 is 0 Å². The van der Waals surface area contributed by atoms with Gasteiger partial charge in [0.2, 0.25) is 0 Å². The highest BCUT2D eigenvalue weighted by atomic mass is 16.3. The zero-order valence-electron chi connectivity index (χ0n) is 9.55. The molecule has 1 heterocycles. The van der Waals surface area contributed by atoms with Crippen molar-refractivity contribution in [2.75, 3.05) is 7.05 Å². The molecule has 0 bridgehead atoms. The number of aliphatic hydroxyl groups excluding tert-OH is 1. The maximum absolute atomic E-state index is 11.7. The number of carbonyl (C=O) groups excluding carboxylic acids is 1. The number of carbonyl (C=O) groups is 1. The molecule has 1 aliphatic rings. The van der Waals surface area contributed by atoms with Crippen LogP contribution in [0.15, 0.2) is 53.9 Å². The summed E-state index contributed by atoms with van der Waals surface area (Å²) in [5, 5.41) is 9.78. The van der Waals surface area contributed by atoms with Crippen LogP contribution in [0.25, 0.3) is 0 Å². The van der Waals surface area contributed by atoms with Crippen LogP contribution in [-0.4, -0.2) is 23.0 Å². The maximum atomic E-state index is 11.7. The summed E-state index contributed by atoms with van der Waals surface area (Å²) in [5.74, 6) is -0.741. The molecule has 1 aliphatic heterocycles. The van der Waals surface area contributed by atoms with Gasteiger partial charge in [-0.2, -0.15) is 0 Å². The molecule has 1 aromatic carbocycles. The Morgan fingerprint density at radius 1 is 1.41 bits per heavy atom. The third-order valence-electron chi connectivity index (χ3n) is 2.90. The Balaban J connectivity index is 2.53. The molecule has 1 unspecified atom stereocenters. The molecular weight excluding hydrogens is 216 g/mol. The van der Waals surface area contributed by atoms with Crippen molar-refractivity contribution in [2.24, 2.45) is 5.73 Å². The first kappa shape index (κ1) is 11.3. The highest BCUT2D eigenvalue weighted by molar-refractivity contribution is 5.96. The molecule has 1 aromatic rings. The van der Waals surface area contributed by atoms with E-state index in [2.05, 4.69) is 6.58 Å². The third kappa shape index (κ3) is 1.67. The lowest BCUT2D eigenvalue weighted by Crippen LogP contribution is -2.26. The number of hydrogen-bond donors (Lipinski definition) is 2. The maximum Gasteiger partial charge on any atom is 0.289 e.